The van der Waals surface area contributed by atoms with Crippen molar-refractivity contribution in [2.45, 2.75) is 72.1 Å². The molecule has 18 heavy (non-hydrogen) atoms. The minimum absolute atomic E-state index is 0.00998. The summed E-state index contributed by atoms with van der Waals surface area (Å²) in [6.07, 6.45) is 3.77. The van der Waals surface area contributed by atoms with Crippen LogP contribution in [0.2, 0.25) is 0 Å². The van der Waals surface area contributed by atoms with Crippen LogP contribution in [0.15, 0.2) is 11.6 Å². The maximum absolute atomic E-state index is 12.1. The van der Waals surface area contributed by atoms with Crippen LogP contribution in [0.5, 0.6) is 0 Å². The zero-order valence-corrected chi connectivity index (χ0v) is 13.7. The average Bonchev–Trinajstić information content (AvgIpc) is 2.12. The van der Waals surface area contributed by atoms with E-state index >= 15 is 0 Å². The van der Waals surface area contributed by atoms with E-state index in [1.54, 1.807) is 20.8 Å². The van der Waals surface area contributed by atoms with Gasteiger partial charge >= 0.3 is 0 Å². The van der Waals surface area contributed by atoms with Crippen LogP contribution < -0.4 is 4.72 Å². The van der Waals surface area contributed by atoms with E-state index in [1.807, 2.05) is 6.92 Å². The quantitative estimate of drug-likeness (QED) is 0.754. The van der Waals surface area contributed by atoms with E-state index in [9.17, 15) is 8.42 Å². The van der Waals surface area contributed by atoms with E-state index in [2.05, 4.69) is 31.6 Å². The summed E-state index contributed by atoms with van der Waals surface area (Å²) in [4.78, 5) is 0. The first-order valence-electron chi connectivity index (χ1n) is 6.68. The molecular formula is C14H29NO2S. The zero-order valence-electron chi connectivity index (χ0n) is 12.9. The van der Waals surface area contributed by atoms with Crippen molar-refractivity contribution >= 4 is 10.0 Å². The zero-order chi connectivity index (χ0) is 14.6. The van der Waals surface area contributed by atoms with Gasteiger partial charge in [0, 0.05) is 6.04 Å². The highest BCUT2D eigenvalue weighted by atomic mass is 32.2. The molecule has 0 aromatic heterocycles. The third-order valence-corrected chi connectivity index (χ3v) is 5.06. The highest BCUT2D eigenvalue weighted by molar-refractivity contribution is 7.90. The van der Waals surface area contributed by atoms with Crippen molar-refractivity contribution in [2.75, 3.05) is 0 Å². The second-order valence-corrected chi connectivity index (χ2v) is 8.77. The highest BCUT2D eigenvalue weighted by Crippen LogP contribution is 2.17. The van der Waals surface area contributed by atoms with Crippen LogP contribution in [0.3, 0.4) is 0 Å². The van der Waals surface area contributed by atoms with Gasteiger partial charge in [0.25, 0.3) is 0 Å². The van der Waals surface area contributed by atoms with Crippen LogP contribution in [0.1, 0.15) is 61.3 Å². The van der Waals surface area contributed by atoms with E-state index in [0.29, 0.717) is 5.92 Å². The first-order chi connectivity index (χ1) is 7.99. The maximum Gasteiger partial charge on any atom is 0.216 e. The third kappa shape index (κ3) is 6.01. The molecule has 0 spiro atoms. The van der Waals surface area contributed by atoms with Crippen molar-refractivity contribution in [3.05, 3.63) is 11.6 Å². The SMILES string of the molecule is CCC(C/C(C)=C/C(C)C)NS(=O)(=O)C(C)(C)C. The summed E-state index contributed by atoms with van der Waals surface area (Å²) >= 11 is 0. The van der Waals surface area contributed by atoms with E-state index < -0.39 is 14.8 Å². The molecule has 0 bridgehead atoms. The molecule has 0 radical (unpaired) electrons. The van der Waals surface area contributed by atoms with Gasteiger partial charge in [0.2, 0.25) is 10.0 Å². The lowest BCUT2D eigenvalue weighted by Gasteiger charge is -2.25. The molecule has 3 nitrogen and oxygen atoms in total. The Morgan fingerprint density at radius 3 is 2.11 bits per heavy atom. The van der Waals surface area contributed by atoms with Crippen LogP contribution in [0.4, 0.5) is 0 Å². The van der Waals surface area contributed by atoms with Gasteiger partial charge in [0.1, 0.15) is 0 Å². The van der Waals surface area contributed by atoms with Crippen LogP contribution in [-0.4, -0.2) is 19.2 Å². The van der Waals surface area contributed by atoms with E-state index in [4.69, 9.17) is 0 Å². The molecule has 0 fully saturated rings. The smallest absolute Gasteiger partial charge is 0.212 e. The molecule has 1 unspecified atom stereocenters. The van der Waals surface area contributed by atoms with Gasteiger partial charge in [0.15, 0.2) is 0 Å². The molecule has 108 valence electrons. The monoisotopic (exact) mass is 275 g/mol. The number of hydrogen-bond acceptors (Lipinski definition) is 2. The van der Waals surface area contributed by atoms with Crippen LogP contribution in [-0.2, 0) is 10.0 Å². The predicted octanol–water partition coefficient (Wildman–Crippen LogP) is 3.48. The fourth-order valence-corrected chi connectivity index (χ4v) is 2.73. The Morgan fingerprint density at radius 2 is 1.78 bits per heavy atom. The van der Waals surface area contributed by atoms with Gasteiger partial charge in [-0.15, -0.1) is 0 Å². The van der Waals surface area contributed by atoms with Crippen molar-refractivity contribution in [1.29, 1.82) is 0 Å². The Bertz CT molecular complexity index is 375. The van der Waals surface area contributed by atoms with Gasteiger partial charge in [0.05, 0.1) is 4.75 Å². The molecule has 1 N–H and O–H groups in total. The Kier molecular flexibility index (Phi) is 6.58. The largest absolute Gasteiger partial charge is 0.216 e. The van der Waals surface area contributed by atoms with E-state index in [0.717, 1.165) is 12.8 Å². The van der Waals surface area contributed by atoms with Crippen molar-refractivity contribution in [2.24, 2.45) is 5.92 Å². The fourth-order valence-electron chi connectivity index (χ4n) is 1.69. The lowest BCUT2D eigenvalue weighted by atomic mass is 10.0. The van der Waals surface area contributed by atoms with Crippen LogP contribution in [0, 0.1) is 5.92 Å². The topological polar surface area (TPSA) is 46.2 Å². The standard InChI is InChI=1S/C14H29NO2S/c1-8-13(10-12(4)9-11(2)3)15-18(16,17)14(5,6)7/h9,11,13,15H,8,10H2,1-7H3/b12-9+. The van der Waals surface area contributed by atoms with Gasteiger partial charge in [-0.2, -0.15) is 0 Å². The van der Waals surface area contributed by atoms with Gasteiger partial charge in [-0.25, -0.2) is 13.1 Å². The molecule has 0 heterocycles. The summed E-state index contributed by atoms with van der Waals surface area (Å²) in [6.45, 7) is 13.5. The third-order valence-electron chi connectivity index (χ3n) is 2.81. The minimum Gasteiger partial charge on any atom is -0.212 e. The molecule has 0 aromatic carbocycles. The van der Waals surface area contributed by atoms with Crippen molar-refractivity contribution in [3.63, 3.8) is 0 Å². The molecule has 0 aliphatic heterocycles. The first kappa shape index (κ1) is 17.6. The molecule has 0 aromatic rings. The van der Waals surface area contributed by atoms with E-state index in [-0.39, 0.29) is 6.04 Å². The summed E-state index contributed by atoms with van der Waals surface area (Å²) in [6, 6.07) is -0.00998. The van der Waals surface area contributed by atoms with Gasteiger partial charge < -0.3 is 0 Å². The molecule has 0 saturated carbocycles. The summed E-state index contributed by atoms with van der Waals surface area (Å²) in [5, 5.41) is 0. The Morgan fingerprint density at radius 1 is 1.28 bits per heavy atom. The number of rotatable bonds is 6. The van der Waals surface area contributed by atoms with Crippen LogP contribution >= 0.6 is 0 Å². The molecule has 1 atom stereocenters. The van der Waals surface area contributed by atoms with Gasteiger partial charge in [-0.1, -0.05) is 32.4 Å². The van der Waals surface area contributed by atoms with Gasteiger partial charge in [-0.05, 0) is 46.5 Å². The molecule has 0 aliphatic rings. The number of allylic oxidation sites excluding steroid dienone is 1. The number of nitrogens with one attached hydrogen (secondary N) is 1. The maximum atomic E-state index is 12.1. The lowest BCUT2D eigenvalue weighted by molar-refractivity contribution is 0.509. The summed E-state index contributed by atoms with van der Waals surface area (Å²) in [5.41, 5.74) is 1.24. The molecule has 0 aliphatic carbocycles. The van der Waals surface area contributed by atoms with Crippen LogP contribution in [0.25, 0.3) is 0 Å². The van der Waals surface area contributed by atoms with Crippen molar-refractivity contribution in [1.82, 2.24) is 4.72 Å². The van der Waals surface area contributed by atoms with Crippen molar-refractivity contribution < 1.29 is 8.42 Å². The first-order valence-corrected chi connectivity index (χ1v) is 8.17. The second kappa shape index (κ2) is 6.71. The van der Waals surface area contributed by atoms with Gasteiger partial charge in [-0.3, -0.25) is 0 Å². The molecular weight excluding hydrogens is 246 g/mol. The minimum atomic E-state index is -3.26. The van der Waals surface area contributed by atoms with Crippen molar-refractivity contribution in [3.8, 4) is 0 Å². The Hall–Kier alpha value is -0.350. The second-order valence-electron chi connectivity index (χ2n) is 6.30. The Balaban J connectivity index is 4.75. The molecule has 4 heteroatoms. The average molecular weight is 275 g/mol. The molecule has 0 rings (SSSR count). The predicted molar refractivity (Wildman–Crippen MR) is 79.1 cm³/mol. The lowest BCUT2D eigenvalue weighted by Crippen LogP contribution is -2.44. The number of sulfonamides is 1. The summed E-state index contributed by atoms with van der Waals surface area (Å²) < 4.78 is 26.3. The molecule has 0 saturated heterocycles. The highest BCUT2D eigenvalue weighted by Gasteiger charge is 2.30. The fraction of sp³-hybridized carbons (Fsp3) is 0.857. The Labute approximate surface area is 113 Å². The summed E-state index contributed by atoms with van der Waals surface area (Å²) in [5.74, 6) is 0.502. The van der Waals surface area contributed by atoms with E-state index in [1.165, 1.54) is 5.57 Å². The number of hydrogen-bond donors (Lipinski definition) is 1. The summed E-state index contributed by atoms with van der Waals surface area (Å²) in [7, 11) is -3.26. The normalized spacial score (nSPS) is 16.1. The molecule has 0 amide bonds.